The lowest BCUT2D eigenvalue weighted by Crippen LogP contribution is -2.09. The third-order valence-corrected chi connectivity index (χ3v) is 1.73. The Hall–Kier alpha value is -1.65. The van der Waals surface area contributed by atoms with Gasteiger partial charge in [0.05, 0.1) is 17.9 Å². The minimum atomic E-state index is -1.03. The van der Waals surface area contributed by atoms with Crippen LogP contribution in [0.25, 0.3) is 0 Å². The van der Waals surface area contributed by atoms with E-state index in [2.05, 4.69) is 9.97 Å². The van der Waals surface area contributed by atoms with Crippen molar-refractivity contribution in [1.82, 2.24) is 9.97 Å². The lowest BCUT2D eigenvalue weighted by molar-refractivity contribution is 0.0694. The van der Waals surface area contributed by atoms with Gasteiger partial charge in [-0.15, -0.1) is 0 Å². The number of nitrogens with zero attached hydrogens (tertiary/aromatic N) is 2. The van der Waals surface area contributed by atoms with E-state index in [1.54, 1.807) is 6.92 Å². The quantitative estimate of drug-likeness (QED) is 0.815. The molecule has 0 saturated heterocycles. The zero-order valence-electron chi connectivity index (χ0n) is 9.02. The molecular formula is C10H14N2O3. The molecule has 82 valence electrons. The standard InChI is InChI=1S/C10H14N2O3/c1-6(2)5-15-10-11-4-8(9(13)14)7(3)12-10/h4,6H,5H2,1-3H3,(H,13,14). The second kappa shape index (κ2) is 4.72. The number of ether oxygens (including phenoxy) is 1. The summed E-state index contributed by atoms with van der Waals surface area (Å²) in [6.07, 6.45) is 1.26. The van der Waals surface area contributed by atoms with E-state index in [1.165, 1.54) is 6.20 Å². The normalized spacial score (nSPS) is 10.4. The highest BCUT2D eigenvalue weighted by Gasteiger charge is 2.10. The van der Waals surface area contributed by atoms with E-state index >= 15 is 0 Å². The molecule has 0 aliphatic rings. The summed E-state index contributed by atoms with van der Waals surface area (Å²) >= 11 is 0. The summed E-state index contributed by atoms with van der Waals surface area (Å²) in [5.41, 5.74) is 0.517. The van der Waals surface area contributed by atoms with E-state index < -0.39 is 5.97 Å². The van der Waals surface area contributed by atoms with Crippen LogP contribution in [0.5, 0.6) is 6.01 Å². The van der Waals surface area contributed by atoms with Crippen molar-refractivity contribution in [2.45, 2.75) is 20.8 Å². The molecule has 0 atom stereocenters. The first kappa shape index (κ1) is 11.4. The molecule has 0 aliphatic carbocycles. The summed E-state index contributed by atoms with van der Waals surface area (Å²) in [6.45, 7) is 6.16. The third-order valence-electron chi connectivity index (χ3n) is 1.73. The van der Waals surface area contributed by atoms with Crippen molar-refractivity contribution in [3.05, 3.63) is 17.5 Å². The summed E-state index contributed by atoms with van der Waals surface area (Å²) in [5, 5.41) is 8.75. The number of hydrogen-bond acceptors (Lipinski definition) is 4. The lowest BCUT2D eigenvalue weighted by Gasteiger charge is -2.07. The number of carbonyl (C=O) groups is 1. The summed E-state index contributed by atoms with van der Waals surface area (Å²) in [7, 11) is 0. The van der Waals surface area contributed by atoms with Gasteiger partial charge < -0.3 is 9.84 Å². The predicted octanol–water partition coefficient (Wildman–Crippen LogP) is 1.52. The van der Waals surface area contributed by atoms with Crippen LogP contribution in [0.2, 0.25) is 0 Å². The van der Waals surface area contributed by atoms with Crippen molar-refractivity contribution < 1.29 is 14.6 Å². The van der Waals surface area contributed by atoms with Gasteiger partial charge in [0.1, 0.15) is 0 Å². The topological polar surface area (TPSA) is 72.3 Å². The zero-order chi connectivity index (χ0) is 11.4. The van der Waals surface area contributed by atoms with Gasteiger partial charge in [0.25, 0.3) is 0 Å². The monoisotopic (exact) mass is 210 g/mol. The van der Waals surface area contributed by atoms with E-state index in [0.717, 1.165) is 0 Å². The van der Waals surface area contributed by atoms with Crippen molar-refractivity contribution in [2.75, 3.05) is 6.61 Å². The molecule has 0 aromatic carbocycles. The van der Waals surface area contributed by atoms with Crippen LogP contribution in [0.15, 0.2) is 6.20 Å². The first-order valence-electron chi connectivity index (χ1n) is 4.70. The summed E-state index contributed by atoms with van der Waals surface area (Å²) in [4.78, 5) is 18.4. The molecule has 5 heteroatoms. The van der Waals surface area contributed by atoms with Crippen LogP contribution in [0.1, 0.15) is 29.9 Å². The van der Waals surface area contributed by atoms with Crippen molar-refractivity contribution >= 4 is 5.97 Å². The van der Waals surface area contributed by atoms with E-state index in [1.807, 2.05) is 13.8 Å². The molecule has 0 bridgehead atoms. The van der Waals surface area contributed by atoms with E-state index in [9.17, 15) is 4.79 Å². The largest absolute Gasteiger partial charge is 0.478 e. The van der Waals surface area contributed by atoms with Gasteiger partial charge in [-0.25, -0.2) is 9.78 Å². The average molecular weight is 210 g/mol. The zero-order valence-corrected chi connectivity index (χ0v) is 9.02. The minimum absolute atomic E-state index is 0.104. The number of hydrogen-bond donors (Lipinski definition) is 1. The highest BCUT2D eigenvalue weighted by Crippen LogP contribution is 2.09. The fraction of sp³-hybridized carbons (Fsp3) is 0.500. The smallest absolute Gasteiger partial charge is 0.339 e. The van der Waals surface area contributed by atoms with Crippen LogP contribution in [0.3, 0.4) is 0 Å². The second-order valence-corrected chi connectivity index (χ2v) is 3.66. The molecule has 0 amide bonds. The molecule has 5 nitrogen and oxygen atoms in total. The molecular weight excluding hydrogens is 196 g/mol. The average Bonchev–Trinajstić information content (AvgIpc) is 2.14. The van der Waals surface area contributed by atoms with Crippen LogP contribution in [0, 0.1) is 12.8 Å². The summed E-state index contributed by atoms with van der Waals surface area (Å²) in [5.74, 6) is -0.643. The van der Waals surface area contributed by atoms with E-state index in [0.29, 0.717) is 18.2 Å². The Balaban J connectivity index is 2.78. The van der Waals surface area contributed by atoms with Gasteiger partial charge in [-0.05, 0) is 12.8 Å². The first-order valence-corrected chi connectivity index (χ1v) is 4.70. The second-order valence-electron chi connectivity index (χ2n) is 3.66. The maximum atomic E-state index is 10.7. The molecule has 0 unspecified atom stereocenters. The number of aryl methyl sites for hydroxylation is 1. The minimum Gasteiger partial charge on any atom is -0.478 e. The Bertz CT molecular complexity index is 364. The first-order chi connectivity index (χ1) is 7.00. The molecule has 0 spiro atoms. The van der Waals surface area contributed by atoms with Crippen LogP contribution < -0.4 is 4.74 Å². The summed E-state index contributed by atoms with van der Waals surface area (Å²) in [6, 6.07) is 0.228. The molecule has 0 fully saturated rings. The van der Waals surface area contributed by atoms with Crippen LogP contribution >= 0.6 is 0 Å². The molecule has 1 aromatic heterocycles. The Labute approximate surface area is 88.1 Å². The SMILES string of the molecule is Cc1nc(OCC(C)C)ncc1C(=O)O. The molecule has 0 saturated carbocycles. The van der Waals surface area contributed by atoms with E-state index in [-0.39, 0.29) is 11.6 Å². The Kier molecular flexibility index (Phi) is 3.60. The number of rotatable bonds is 4. The number of aromatic nitrogens is 2. The number of carboxylic acid groups (broad SMARTS) is 1. The lowest BCUT2D eigenvalue weighted by atomic mass is 10.2. The van der Waals surface area contributed by atoms with Crippen molar-refractivity contribution in [3.63, 3.8) is 0 Å². The number of aromatic carboxylic acids is 1. The van der Waals surface area contributed by atoms with Crippen LogP contribution in [0.4, 0.5) is 0 Å². The molecule has 1 N–H and O–H groups in total. The van der Waals surface area contributed by atoms with Gasteiger partial charge in [-0.3, -0.25) is 0 Å². The van der Waals surface area contributed by atoms with Gasteiger partial charge >= 0.3 is 12.0 Å². The van der Waals surface area contributed by atoms with Crippen LogP contribution in [-0.4, -0.2) is 27.7 Å². The molecule has 1 heterocycles. The van der Waals surface area contributed by atoms with Gasteiger partial charge in [-0.2, -0.15) is 4.98 Å². The van der Waals surface area contributed by atoms with Crippen molar-refractivity contribution in [1.29, 1.82) is 0 Å². The Morgan fingerprint density at radius 1 is 1.60 bits per heavy atom. The molecule has 0 radical (unpaired) electrons. The Morgan fingerprint density at radius 3 is 2.73 bits per heavy atom. The van der Waals surface area contributed by atoms with Gasteiger partial charge in [0.2, 0.25) is 0 Å². The molecule has 1 rings (SSSR count). The number of carboxylic acids is 1. The van der Waals surface area contributed by atoms with Crippen LogP contribution in [-0.2, 0) is 0 Å². The van der Waals surface area contributed by atoms with Crippen molar-refractivity contribution in [2.24, 2.45) is 5.92 Å². The van der Waals surface area contributed by atoms with Gasteiger partial charge in [0, 0.05) is 6.20 Å². The highest BCUT2D eigenvalue weighted by molar-refractivity contribution is 5.88. The maximum Gasteiger partial charge on any atom is 0.339 e. The molecule has 0 aliphatic heterocycles. The molecule has 1 aromatic rings. The highest BCUT2D eigenvalue weighted by atomic mass is 16.5. The third kappa shape index (κ3) is 3.19. The summed E-state index contributed by atoms with van der Waals surface area (Å²) < 4.78 is 5.27. The van der Waals surface area contributed by atoms with Gasteiger partial charge in [0.15, 0.2) is 0 Å². The van der Waals surface area contributed by atoms with Crippen molar-refractivity contribution in [3.8, 4) is 6.01 Å². The Morgan fingerprint density at radius 2 is 2.27 bits per heavy atom. The fourth-order valence-corrected chi connectivity index (χ4v) is 0.966. The maximum absolute atomic E-state index is 10.7. The predicted molar refractivity (Wildman–Crippen MR) is 54.1 cm³/mol. The fourth-order valence-electron chi connectivity index (χ4n) is 0.966. The molecule has 15 heavy (non-hydrogen) atoms. The van der Waals surface area contributed by atoms with Gasteiger partial charge in [-0.1, -0.05) is 13.8 Å². The van der Waals surface area contributed by atoms with E-state index in [4.69, 9.17) is 9.84 Å².